The molecule has 1 fully saturated rings. The van der Waals surface area contributed by atoms with Gasteiger partial charge in [0.1, 0.15) is 6.04 Å². The van der Waals surface area contributed by atoms with Gasteiger partial charge in [0.25, 0.3) is 15.9 Å². The summed E-state index contributed by atoms with van der Waals surface area (Å²) in [4.78, 5) is 26.8. The Labute approximate surface area is 193 Å². The van der Waals surface area contributed by atoms with Crippen LogP contribution in [0.15, 0.2) is 60.0 Å². The highest BCUT2D eigenvalue weighted by Crippen LogP contribution is 2.30. The number of nitrogens with zero attached hydrogens (tertiary/aromatic N) is 1. The molecule has 0 bridgehead atoms. The maximum absolute atomic E-state index is 12.9. The van der Waals surface area contributed by atoms with Gasteiger partial charge in [-0.15, -0.1) is 6.58 Å². The summed E-state index contributed by atoms with van der Waals surface area (Å²) in [5.74, 6) is 0.219. The Morgan fingerprint density at radius 1 is 1.12 bits per heavy atom. The van der Waals surface area contributed by atoms with Crippen molar-refractivity contribution in [2.75, 3.05) is 32.0 Å². The van der Waals surface area contributed by atoms with Crippen LogP contribution in [0.4, 0.5) is 5.69 Å². The third-order valence-corrected chi connectivity index (χ3v) is 6.67. The molecule has 2 amide bonds. The molecule has 0 spiro atoms. The standard InChI is InChI=1S/C23H27N3O6S/c1-4-13-24-22(27)19-6-5-14-26(19)23(28)16-7-9-17(10-8-16)25-33(29,30)18-11-12-20(31-2)21(15-18)32-3/h4,7-12,15,19,25H,1,5-6,13-14H2,2-3H3,(H,24,27)/t19-/m1/s1. The molecule has 0 radical (unpaired) electrons. The lowest BCUT2D eigenvalue weighted by molar-refractivity contribution is -0.124. The van der Waals surface area contributed by atoms with E-state index in [1.165, 1.54) is 56.7 Å². The van der Waals surface area contributed by atoms with Crippen LogP contribution in [0.3, 0.4) is 0 Å². The molecule has 1 atom stereocenters. The third-order valence-electron chi connectivity index (χ3n) is 5.29. The lowest BCUT2D eigenvalue weighted by Crippen LogP contribution is -2.46. The summed E-state index contributed by atoms with van der Waals surface area (Å²) >= 11 is 0. The molecular weight excluding hydrogens is 446 g/mol. The molecule has 2 aromatic carbocycles. The van der Waals surface area contributed by atoms with Crippen LogP contribution in [-0.4, -0.2) is 58.5 Å². The fourth-order valence-corrected chi connectivity index (χ4v) is 4.69. The van der Waals surface area contributed by atoms with Gasteiger partial charge in [-0.25, -0.2) is 8.42 Å². The number of likely N-dealkylation sites (tertiary alicyclic amines) is 1. The number of hydrogen-bond acceptors (Lipinski definition) is 6. The average molecular weight is 474 g/mol. The van der Waals surface area contributed by atoms with E-state index in [4.69, 9.17) is 9.47 Å². The van der Waals surface area contributed by atoms with E-state index in [1.54, 1.807) is 11.0 Å². The molecule has 10 heteroatoms. The molecule has 2 aromatic rings. The smallest absolute Gasteiger partial charge is 0.262 e. The third kappa shape index (κ3) is 5.46. The largest absolute Gasteiger partial charge is 0.493 e. The first-order valence-corrected chi connectivity index (χ1v) is 11.8. The Morgan fingerprint density at radius 2 is 1.82 bits per heavy atom. The summed E-state index contributed by atoms with van der Waals surface area (Å²) in [6.07, 6.45) is 2.92. The first kappa shape index (κ1) is 24.1. The van der Waals surface area contributed by atoms with E-state index in [1.807, 2.05) is 0 Å². The minimum absolute atomic E-state index is 0.00532. The van der Waals surface area contributed by atoms with Crippen LogP contribution in [0, 0.1) is 0 Å². The molecule has 1 saturated heterocycles. The van der Waals surface area contributed by atoms with E-state index in [-0.39, 0.29) is 16.7 Å². The predicted octanol–water partition coefficient (Wildman–Crippen LogP) is 2.41. The first-order chi connectivity index (χ1) is 15.8. The summed E-state index contributed by atoms with van der Waals surface area (Å²) < 4.78 is 38.3. The normalized spacial score (nSPS) is 15.6. The summed E-state index contributed by atoms with van der Waals surface area (Å²) in [5, 5.41) is 2.73. The number of methoxy groups -OCH3 is 2. The number of benzene rings is 2. The summed E-state index contributed by atoms with van der Waals surface area (Å²) in [7, 11) is -1.00. The van der Waals surface area contributed by atoms with Gasteiger partial charge >= 0.3 is 0 Å². The number of rotatable bonds is 9. The lowest BCUT2D eigenvalue weighted by atomic mass is 10.1. The number of amides is 2. The maximum atomic E-state index is 12.9. The summed E-state index contributed by atoms with van der Waals surface area (Å²) in [6.45, 7) is 4.40. The number of ether oxygens (including phenoxy) is 2. The molecule has 0 aromatic heterocycles. The van der Waals surface area contributed by atoms with Gasteiger partial charge in [-0.05, 0) is 49.2 Å². The summed E-state index contributed by atoms with van der Waals surface area (Å²) in [5.41, 5.74) is 0.663. The summed E-state index contributed by atoms with van der Waals surface area (Å²) in [6, 6.07) is 9.84. The fourth-order valence-electron chi connectivity index (χ4n) is 3.62. The molecule has 3 rings (SSSR count). The zero-order valence-corrected chi connectivity index (χ0v) is 19.4. The van der Waals surface area contributed by atoms with Crippen molar-refractivity contribution in [3.8, 4) is 11.5 Å². The molecule has 0 aliphatic carbocycles. The van der Waals surface area contributed by atoms with E-state index < -0.39 is 16.1 Å². The predicted molar refractivity (Wildman–Crippen MR) is 124 cm³/mol. The van der Waals surface area contributed by atoms with Gasteiger partial charge in [-0.1, -0.05) is 6.08 Å². The van der Waals surface area contributed by atoms with Crippen molar-refractivity contribution in [1.82, 2.24) is 10.2 Å². The number of carbonyl (C=O) groups is 2. The molecule has 176 valence electrons. The Kier molecular flexibility index (Phi) is 7.59. The molecule has 1 aliphatic heterocycles. The quantitative estimate of drug-likeness (QED) is 0.541. The van der Waals surface area contributed by atoms with Crippen molar-refractivity contribution < 1.29 is 27.5 Å². The monoisotopic (exact) mass is 473 g/mol. The molecule has 9 nitrogen and oxygen atoms in total. The number of nitrogens with one attached hydrogen (secondary N) is 2. The van der Waals surface area contributed by atoms with Crippen molar-refractivity contribution >= 4 is 27.5 Å². The molecule has 0 saturated carbocycles. The van der Waals surface area contributed by atoms with E-state index in [0.717, 1.165) is 6.42 Å². The second-order valence-corrected chi connectivity index (χ2v) is 9.07. The van der Waals surface area contributed by atoms with Crippen molar-refractivity contribution in [3.05, 3.63) is 60.7 Å². The van der Waals surface area contributed by atoms with Gasteiger partial charge in [-0.2, -0.15) is 0 Å². The zero-order chi connectivity index (χ0) is 24.0. The lowest BCUT2D eigenvalue weighted by Gasteiger charge is -2.24. The van der Waals surface area contributed by atoms with Gasteiger partial charge in [-0.3, -0.25) is 14.3 Å². The van der Waals surface area contributed by atoms with Crippen LogP contribution in [0.5, 0.6) is 11.5 Å². The Balaban J connectivity index is 1.73. The molecule has 0 unspecified atom stereocenters. The Hall–Kier alpha value is -3.53. The van der Waals surface area contributed by atoms with E-state index in [0.29, 0.717) is 42.3 Å². The van der Waals surface area contributed by atoms with E-state index in [9.17, 15) is 18.0 Å². The van der Waals surface area contributed by atoms with E-state index >= 15 is 0 Å². The van der Waals surface area contributed by atoms with Crippen LogP contribution in [0.1, 0.15) is 23.2 Å². The molecule has 2 N–H and O–H groups in total. The zero-order valence-electron chi connectivity index (χ0n) is 18.5. The molecule has 1 heterocycles. The number of sulfonamides is 1. The van der Waals surface area contributed by atoms with E-state index in [2.05, 4.69) is 16.6 Å². The van der Waals surface area contributed by atoms with Gasteiger partial charge in [0.2, 0.25) is 5.91 Å². The van der Waals surface area contributed by atoms with Crippen LogP contribution in [-0.2, 0) is 14.8 Å². The minimum atomic E-state index is -3.89. The van der Waals surface area contributed by atoms with Crippen molar-refractivity contribution in [2.45, 2.75) is 23.8 Å². The van der Waals surface area contributed by atoms with Crippen molar-refractivity contribution in [2.24, 2.45) is 0 Å². The van der Waals surface area contributed by atoms with Gasteiger partial charge in [0.05, 0.1) is 19.1 Å². The van der Waals surface area contributed by atoms with Crippen molar-refractivity contribution in [3.63, 3.8) is 0 Å². The maximum Gasteiger partial charge on any atom is 0.262 e. The fraction of sp³-hybridized carbons (Fsp3) is 0.304. The number of carbonyl (C=O) groups excluding carboxylic acids is 2. The Morgan fingerprint density at radius 3 is 2.45 bits per heavy atom. The van der Waals surface area contributed by atoms with Gasteiger partial charge in [0.15, 0.2) is 11.5 Å². The average Bonchev–Trinajstić information content (AvgIpc) is 3.32. The first-order valence-electron chi connectivity index (χ1n) is 10.3. The van der Waals surface area contributed by atoms with Crippen LogP contribution < -0.4 is 19.5 Å². The molecular formula is C23H27N3O6S. The molecule has 33 heavy (non-hydrogen) atoms. The van der Waals surface area contributed by atoms with Gasteiger partial charge < -0.3 is 19.7 Å². The minimum Gasteiger partial charge on any atom is -0.493 e. The SMILES string of the molecule is C=CCNC(=O)[C@H]1CCCN1C(=O)c1ccc(NS(=O)(=O)c2ccc(OC)c(OC)c2)cc1. The van der Waals surface area contributed by atoms with Crippen LogP contribution in [0.2, 0.25) is 0 Å². The number of anilines is 1. The van der Waals surface area contributed by atoms with Crippen LogP contribution >= 0.6 is 0 Å². The number of hydrogen-bond donors (Lipinski definition) is 2. The molecule has 1 aliphatic rings. The highest BCUT2D eigenvalue weighted by Gasteiger charge is 2.34. The highest BCUT2D eigenvalue weighted by molar-refractivity contribution is 7.92. The Bertz CT molecular complexity index is 1130. The highest BCUT2D eigenvalue weighted by atomic mass is 32.2. The second-order valence-electron chi connectivity index (χ2n) is 7.39. The van der Waals surface area contributed by atoms with Gasteiger partial charge in [0, 0.05) is 30.4 Å². The van der Waals surface area contributed by atoms with Crippen molar-refractivity contribution in [1.29, 1.82) is 0 Å². The van der Waals surface area contributed by atoms with Crippen LogP contribution in [0.25, 0.3) is 0 Å². The topological polar surface area (TPSA) is 114 Å². The second kappa shape index (κ2) is 10.4.